The standard InChI is InChI=1S/C16H21NO3/c18-11-14-6-9-17(16(10-14)7-8-16)15(19)20-12-13-4-2-1-3-5-13/h1-5,14,18H,6-12H2. The molecule has 1 aliphatic carbocycles. The lowest BCUT2D eigenvalue weighted by molar-refractivity contribution is 0.0382. The number of nitrogens with zero attached hydrogens (tertiary/aromatic N) is 1. The van der Waals surface area contributed by atoms with E-state index < -0.39 is 0 Å². The number of carbonyl (C=O) groups excluding carboxylic acids is 1. The van der Waals surface area contributed by atoms with Gasteiger partial charge in [-0.3, -0.25) is 0 Å². The van der Waals surface area contributed by atoms with Gasteiger partial charge < -0.3 is 14.7 Å². The molecule has 108 valence electrons. The second kappa shape index (κ2) is 5.44. The lowest BCUT2D eigenvalue weighted by Gasteiger charge is -2.38. The Kier molecular flexibility index (Phi) is 3.66. The maximum Gasteiger partial charge on any atom is 0.410 e. The third-order valence-corrected chi connectivity index (χ3v) is 4.51. The van der Waals surface area contributed by atoms with Crippen LogP contribution in [-0.2, 0) is 11.3 Å². The highest BCUT2D eigenvalue weighted by molar-refractivity contribution is 5.69. The van der Waals surface area contributed by atoms with Gasteiger partial charge in [-0.25, -0.2) is 4.79 Å². The van der Waals surface area contributed by atoms with E-state index in [1.54, 1.807) is 0 Å². The summed E-state index contributed by atoms with van der Waals surface area (Å²) in [6.07, 6.45) is 3.68. The predicted octanol–water partition coefficient (Wildman–Crippen LogP) is 2.56. The van der Waals surface area contributed by atoms with E-state index in [-0.39, 0.29) is 18.2 Å². The van der Waals surface area contributed by atoms with Gasteiger partial charge in [-0.15, -0.1) is 0 Å². The van der Waals surface area contributed by atoms with Gasteiger partial charge in [0.05, 0.1) is 0 Å². The summed E-state index contributed by atoms with van der Waals surface area (Å²) in [5.74, 6) is 0.343. The first-order chi connectivity index (χ1) is 9.73. The van der Waals surface area contributed by atoms with Gasteiger partial charge in [0, 0.05) is 18.7 Å². The van der Waals surface area contributed by atoms with E-state index in [2.05, 4.69) is 0 Å². The second-order valence-corrected chi connectivity index (χ2v) is 5.96. The lowest BCUT2D eigenvalue weighted by atomic mass is 9.90. The molecule has 1 aliphatic heterocycles. The molecule has 0 radical (unpaired) electrons. The summed E-state index contributed by atoms with van der Waals surface area (Å²) in [5, 5.41) is 9.29. The zero-order valence-electron chi connectivity index (χ0n) is 11.6. The Bertz CT molecular complexity index is 470. The van der Waals surface area contributed by atoms with Crippen LogP contribution in [0.1, 0.15) is 31.2 Å². The van der Waals surface area contributed by atoms with Crippen molar-refractivity contribution in [2.75, 3.05) is 13.2 Å². The molecule has 1 aromatic rings. The van der Waals surface area contributed by atoms with Crippen LogP contribution < -0.4 is 0 Å². The Morgan fingerprint density at radius 3 is 2.75 bits per heavy atom. The molecule has 3 rings (SSSR count). The molecule has 1 atom stereocenters. The molecule has 1 amide bonds. The number of amides is 1. The maximum atomic E-state index is 12.3. The summed E-state index contributed by atoms with van der Waals surface area (Å²) in [7, 11) is 0. The molecule has 2 fully saturated rings. The number of hydrogen-bond acceptors (Lipinski definition) is 3. The van der Waals surface area contributed by atoms with E-state index >= 15 is 0 Å². The van der Waals surface area contributed by atoms with Crippen LogP contribution >= 0.6 is 0 Å². The Labute approximate surface area is 119 Å². The van der Waals surface area contributed by atoms with Crippen LogP contribution in [0.25, 0.3) is 0 Å². The van der Waals surface area contributed by atoms with Crippen molar-refractivity contribution in [2.24, 2.45) is 5.92 Å². The van der Waals surface area contributed by atoms with Crippen LogP contribution in [0.4, 0.5) is 4.79 Å². The molecule has 0 aromatic heterocycles. The molecule has 0 bridgehead atoms. The number of benzene rings is 1. The van der Waals surface area contributed by atoms with E-state index in [0.717, 1.165) is 31.2 Å². The number of carbonyl (C=O) groups is 1. The number of rotatable bonds is 3. The van der Waals surface area contributed by atoms with Gasteiger partial charge >= 0.3 is 6.09 Å². The molecule has 4 nitrogen and oxygen atoms in total. The lowest BCUT2D eigenvalue weighted by Crippen LogP contribution is -2.48. The number of piperidine rings is 1. The SMILES string of the molecule is O=C(OCc1ccccc1)N1CCC(CO)CC12CC2. The summed E-state index contributed by atoms with van der Waals surface area (Å²) < 4.78 is 5.44. The number of ether oxygens (including phenoxy) is 1. The molecule has 1 unspecified atom stereocenters. The summed E-state index contributed by atoms with van der Waals surface area (Å²) in [6, 6.07) is 9.75. The Morgan fingerprint density at radius 2 is 2.10 bits per heavy atom. The van der Waals surface area contributed by atoms with Gasteiger partial charge in [-0.05, 0) is 37.2 Å². The Morgan fingerprint density at radius 1 is 1.35 bits per heavy atom. The average molecular weight is 275 g/mol. The average Bonchev–Trinajstić information content (AvgIpc) is 3.25. The first-order valence-corrected chi connectivity index (χ1v) is 7.33. The zero-order valence-corrected chi connectivity index (χ0v) is 11.6. The Hall–Kier alpha value is -1.55. The van der Waals surface area contributed by atoms with E-state index in [1.807, 2.05) is 35.2 Å². The fourth-order valence-corrected chi connectivity index (χ4v) is 3.15. The van der Waals surface area contributed by atoms with Gasteiger partial charge in [-0.2, -0.15) is 0 Å². The quantitative estimate of drug-likeness (QED) is 0.922. The summed E-state index contributed by atoms with van der Waals surface area (Å²) in [5.41, 5.74) is 0.996. The van der Waals surface area contributed by atoms with Crippen LogP contribution in [0.15, 0.2) is 30.3 Å². The molecule has 1 saturated heterocycles. The number of hydrogen-bond donors (Lipinski definition) is 1. The summed E-state index contributed by atoms with van der Waals surface area (Å²) in [6.45, 7) is 1.27. The van der Waals surface area contributed by atoms with Crippen molar-refractivity contribution in [3.8, 4) is 0 Å². The normalized spacial score (nSPS) is 23.6. The van der Waals surface area contributed by atoms with E-state index in [9.17, 15) is 9.90 Å². The van der Waals surface area contributed by atoms with Gasteiger partial charge in [0.2, 0.25) is 0 Å². The minimum Gasteiger partial charge on any atom is -0.445 e. The van der Waals surface area contributed by atoms with Gasteiger partial charge in [0.25, 0.3) is 0 Å². The van der Waals surface area contributed by atoms with Crippen molar-refractivity contribution in [1.82, 2.24) is 4.90 Å². The van der Waals surface area contributed by atoms with Crippen LogP contribution in [0.5, 0.6) is 0 Å². The third kappa shape index (κ3) is 2.66. The molecule has 1 heterocycles. The van der Waals surface area contributed by atoms with Crippen molar-refractivity contribution >= 4 is 6.09 Å². The third-order valence-electron chi connectivity index (χ3n) is 4.51. The summed E-state index contributed by atoms with van der Waals surface area (Å²) in [4.78, 5) is 14.2. The molecular formula is C16H21NO3. The molecule has 1 aromatic carbocycles. The van der Waals surface area contributed by atoms with Crippen molar-refractivity contribution in [1.29, 1.82) is 0 Å². The fraction of sp³-hybridized carbons (Fsp3) is 0.562. The van der Waals surface area contributed by atoms with Crippen LogP contribution in [0.3, 0.4) is 0 Å². The molecule has 4 heteroatoms. The highest BCUT2D eigenvalue weighted by Crippen LogP contribution is 2.50. The van der Waals surface area contributed by atoms with Crippen molar-refractivity contribution in [3.05, 3.63) is 35.9 Å². The Balaban J connectivity index is 1.58. The van der Waals surface area contributed by atoms with Gasteiger partial charge in [-0.1, -0.05) is 30.3 Å². The van der Waals surface area contributed by atoms with Crippen molar-refractivity contribution in [3.63, 3.8) is 0 Å². The van der Waals surface area contributed by atoms with E-state index in [0.29, 0.717) is 19.1 Å². The molecule has 1 spiro atoms. The van der Waals surface area contributed by atoms with Crippen molar-refractivity contribution < 1.29 is 14.6 Å². The van der Waals surface area contributed by atoms with Gasteiger partial charge in [0.15, 0.2) is 0 Å². The number of aliphatic hydroxyl groups is 1. The first kappa shape index (κ1) is 13.4. The summed E-state index contributed by atoms with van der Waals surface area (Å²) >= 11 is 0. The number of aliphatic hydroxyl groups excluding tert-OH is 1. The highest BCUT2D eigenvalue weighted by Gasteiger charge is 2.53. The van der Waals surface area contributed by atoms with Crippen molar-refractivity contribution in [2.45, 2.75) is 37.8 Å². The van der Waals surface area contributed by atoms with Crippen LogP contribution in [0.2, 0.25) is 0 Å². The largest absolute Gasteiger partial charge is 0.445 e. The smallest absolute Gasteiger partial charge is 0.410 e. The van der Waals surface area contributed by atoms with E-state index in [4.69, 9.17) is 4.74 Å². The molecule has 2 aliphatic rings. The fourth-order valence-electron chi connectivity index (χ4n) is 3.15. The topological polar surface area (TPSA) is 49.8 Å². The maximum absolute atomic E-state index is 12.3. The molecule has 20 heavy (non-hydrogen) atoms. The first-order valence-electron chi connectivity index (χ1n) is 7.33. The minimum atomic E-state index is -0.206. The second-order valence-electron chi connectivity index (χ2n) is 5.96. The zero-order chi connectivity index (χ0) is 14.0. The monoisotopic (exact) mass is 275 g/mol. The molecular weight excluding hydrogens is 254 g/mol. The minimum absolute atomic E-state index is 0.0145. The molecule has 1 saturated carbocycles. The predicted molar refractivity (Wildman–Crippen MR) is 75.1 cm³/mol. The number of likely N-dealkylation sites (tertiary alicyclic amines) is 1. The highest BCUT2D eigenvalue weighted by atomic mass is 16.6. The van der Waals surface area contributed by atoms with Gasteiger partial charge in [0.1, 0.15) is 6.61 Å². The molecule has 1 N–H and O–H groups in total. The van der Waals surface area contributed by atoms with Crippen LogP contribution in [0, 0.1) is 5.92 Å². The van der Waals surface area contributed by atoms with E-state index in [1.165, 1.54) is 0 Å². The van der Waals surface area contributed by atoms with Crippen LogP contribution in [-0.4, -0.2) is 34.8 Å².